The highest BCUT2D eigenvalue weighted by molar-refractivity contribution is 7.09. The molecule has 1 heterocycles. The molecule has 26 heavy (non-hydrogen) atoms. The van der Waals surface area contributed by atoms with Gasteiger partial charge in [-0.2, -0.15) is 13.2 Å². The van der Waals surface area contributed by atoms with E-state index in [1.807, 2.05) is 0 Å². The Bertz CT molecular complexity index is 731. The van der Waals surface area contributed by atoms with Gasteiger partial charge in [0.2, 0.25) is 0 Å². The van der Waals surface area contributed by atoms with Gasteiger partial charge in [0, 0.05) is 26.1 Å². The molecule has 1 unspecified atom stereocenters. The second kappa shape index (κ2) is 8.95. The smallest absolute Gasteiger partial charge is 0.375 e. The van der Waals surface area contributed by atoms with Crippen LogP contribution in [0.4, 0.5) is 17.6 Å². The van der Waals surface area contributed by atoms with Crippen molar-refractivity contribution >= 4 is 17.3 Å². The molecule has 10 heteroatoms. The number of thiazole rings is 1. The van der Waals surface area contributed by atoms with Crippen LogP contribution in [0, 0.1) is 5.82 Å². The van der Waals surface area contributed by atoms with Crippen molar-refractivity contribution in [2.75, 3.05) is 20.7 Å². The van der Waals surface area contributed by atoms with Crippen molar-refractivity contribution in [1.82, 2.24) is 15.6 Å². The van der Waals surface area contributed by atoms with Crippen LogP contribution in [0.15, 0.2) is 34.6 Å². The van der Waals surface area contributed by atoms with E-state index < -0.39 is 11.9 Å². The summed E-state index contributed by atoms with van der Waals surface area (Å²) in [6, 6.07) is 5.93. The van der Waals surface area contributed by atoms with Crippen molar-refractivity contribution in [3.63, 3.8) is 0 Å². The van der Waals surface area contributed by atoms with Crippen LogP contribution in [0.3, 0.4) is 0 Å². The van der Waals surface area contributed by atoms with E-state index in [9.17, 15) is 17.6 Å². The number of hydrogen-bond donors (Lipinski definition) is 2. The fourth-order valence-corrected chi connectivity index (χ4v) is 2.85. The highest BCUT2D eigenvalue weighted by atomic mass is 32.1. The number of alkyl halides is 3. The molecule has 2 aromatic rings. The number of aliphatic imine (C=N–C) groups is 1. The maximum atomic E-state index is 13.0. The molecule has 0 saturated carbocycles. The summed E-state index contributed by atoms with van der Waals surface area (Å²) < 4.78 is 56.0. The van der Waals surface area contributed by atoms with E-state index in [-0.39, 0.29) is 18.5 Å². The third-order valence-electron chi connectivity index (χ3n) is 3.45. The van der Waals surface area contributed by atoms with Crippen molar-refractivity contribution in [2.45, 2.75) is 18.8 Å². The van der Waals surface area contributed by atoms with Crippen molar-refractivity contribution in [3.05, 3.63) is 51.7 Å². The van der Waals surface area contributed by atoms with E-state index in [4.69, 9.17) is 4.74 Å². The van der Waals surface area contributed by atoms with Crippen LogP contribution in [0.25, 0.3) is 0 Å². The summed E-state index contributed by atoms with van der Waals surface area (Å²) in [6.45, 7) is 0.447. The van der Waals surface area contributed by atoms with Gasteiger partial charge in [-0.15, -0.1) is 11.3 Å². The predicted molar refractivity (Wildman–Crippen MR) is 91.5 cm³/mol. The van der Waals surface area contributed by atoms with Gasteiger partial charge in [0.05, 0.1) is 12.6 Å². The maximum Gasteiger partial charge on any atom is 0.434 e. The van der Waals surface area contributed by atoms with Gasteiger partial charge in [-0.25, -0.2) is 9.37 Å². The lowest BCUT2D eigenvalue weighted by Gasteiger charge is -2.18. The predicted octanol–water partition coefficient (Wildman–Crippen LogP) is 3.35. The molecular formula is C16H18F4N4OS. The van der Waals surface area contributed by atoms with Gasteiger partial charge in [0.25, 0.3) is 0 Å². The largest absolute Gasteiger partial charge is 0.434 e. The van der Waals surface area contributed by atoms with Crippen molar-refractivity contribution in [3.8, 4) is 0 Å². The van der Waals surface area contributed by atoms with Gasteiger partial charge in [-0.1, -0.05) is 12.1 Å². The average Bonchev–Trinajstić information content (AvgIpc) is 3.09. The molecule has 0 spiro atoms. The average molecular weight is 390 g/mol. The summed E-state index contributed by atoms with van der Waals surface area (Å²) in [5, 5.41) is 7.18. The molecule has 0 bridgehead atoms. The van der Waals surface area contributed by atoms with E-state index in [1.54, 1.807) is 12.1 Å². The summed E-state index contributed by atoms with van der Waals surface area (Å²) in [4.78, 5) is 7.55. The number of aromatic nitrogens is 1. The van der Waals surface area contributed by atoms with E-state index >= 15 is 0 Å². The van der Waals surface area contributed by atoms with E-state index in [0.29, 0.717) is 17.5 Å². The molecule has 2 rings (SSSR count). The number of benzene rings is 1. The number of nitrogens with zero attached hydrogens (tertiary/aromatic N) is 2. The van der Waals surface area contributed by atoms with E-state index in [2.05, 4.69) is 20.6 Å². The first-order valence-electron chi connectivity index (χ1n) is 7.58. The first kappa shape index (κ1) is 20.1. The topological polar surface area (TPSA) is 58.5 Å². The maximum absolute atomic E-state index is 13.0. The van der Waals surface area contributed by atoms with Crippen LogP contribution in [0.5, 0.6) is 0 Å². The number of rotatable bonds is 6. The lowest BCUT2D eigenvalue weighted by Crippen LogP contribution is -2.39. The Labute approximate surface area is 152 Å². The van der Waals surface area contributed by atoms with Crippen molar-refractivity contribution in [2.24, 2.45) is 4.99 Å². The molecule has 1 aromatic carbocycles. The first-order chi connectivity index (χ1) is 12.3. The number of guanidine groups is 1. The number of ether oxygens (including phenoxy) is 1. The number of hydrogen-bond acceptors (Lipinski definition) is 4. The molecule has 0 aliphatic heterocycles. The standard InChI is InChI=1S/C16H18F4N4OS/c1-21-15(23-8-14-24-13(9-26-14)16(18,19)20)22-7-12(25-2)10-3-5-11(17)6-4-10/h3-6,9,12H,7-8H2,1-2H3,(H2,21,22,23). The quantitative estimate of drug-likeness (QED) is 0.451. The summed E-state index contributed by atoms with van der Waals surface area (Å²) in [6.07, 6.45) is -4.79. The lowest BCUT2D eigenvalue weighted by atomic mass is 10.1. The minimum Gasteiger partial charge on any atom is -0.375 e. The fraction of sp³-hybridized carbons (Fsp3) is 0.375. The number of methoxy groups -OCH3 is 1. The van der Waals surface area contributed by atoms with Crippen molar-refractivity contribution < 1.29 is 22.3 Å². The minimum absolute atomic E-state index is 0.106. The fourth-order valence-electron chi connectivity index (χ4n) is 2.11. The summed E-state index contributed by atoms with van der Waals surface area (Å²) in [5.74, 6) is 0.0497. The molecule has 1 aromatic heterocycles. The Kier molecular flexibility index (Phi) is 6.92. The Hall–Kier alpha value is -2.20. The minimum atomic E-state index is -4.45. The Morgan fingerprint density at radius 1 is 1.27 bits per heavy atom. The van der Waals surface area contributed by atoms with Crippen LogP contribution >= 0.6 is 11.3 Å². The normalized spacial score (nSPS) is 13.5. The van der Waals surface area contributed by atoms with Crippen LogP contribution in [-0.2, 0) is 17.5 Å². The highest BCUT2D eigenvalue weighted by Crippen LogP contribution is 2.29. The zero-order valence-corrected chi connectivity index (χ0v) is 14.9. The Morgan fingerprint density at radius 3 is 2.50 bits per heavy atom. The molecule has 1 atom stereocenters. The Morgan fingerprint density at radius 2 is 1.96 bits per heavy atom. The number of nitrogens with one attached hydrogen (secondary N) is 2. The molecule has 2 N–H and O–H groups in total. The molecule has 0 saturated heterocycles. The van der Waals surface area contributed by atoms with Gasteiger partial charge in [0.1, 0.15) is 10.8 Å². The van der Waals surface area contributed by atoms with Crippen LogP contribution < -0.4 is 10.6 Å². The van der Waals surface area contributed by atoms with E-state index in [1.165, 1.54) is 26.3 Å². The van der Waals surface area contributed by atoms with Gasteiger partial charge in [0.15, 0.2) is 11.7 Å². The van der Waals surface area contributed by atoms with Crippen molar-refractivity contribution in [1.29, 1.82) is 0 Å². The highest BCUT2D eigenvalue weighted by Gasteiger charge is 2.33. The molecule has 0 fully saturated rings. The number of halogens is 4. The Balaban J connectivity index is 1.88. The molecule has 0 radical (unpaired) electrons. The van der Waals surface area contributed by atoms with Crippen LogP contribution in [-0.4, -0.2) is 31.6 Å². The molecule has 0 aliphatic rings. The zero-order chi connectivity index (χ0) is 19.2. The monoisotopic (exact) mass is 390 g/mol. The van der Waals surface area contributed by atoms with E-state index in [0.717, 1.165) is 22.3 Å². The third kappa shape index (κ3) is 5.67. The summed E-state index contributed by atoms with van der Waals surface area (Å²) >= 11 is 0.919. The molecule has 5 nitrogen and oxygen atoms in total. The van der Waals surface area contributed by atoms with Gasteiger partial charge in [-0.3, -0.25) is 4.99 Å². The second-order valence-corrected chi connectivity index (χ2v) is 6.15. The lowest BCUT2D eigenvalue weighted by molar-refractivity contribution is -0.140. The van der Waals surface area contributed by atoms with Gasteiger partial charge < -0.3 is 15.4 Å². The summed E-state index contributed by atoms with van der Waals surface area (Å²) in [7, 11) is 3.07. The molecule has 0 amide bonds. The third-order valence-corrected chi connectivity index (χ3v) is 4.30. The first-order valence-corrected chi connectivity index (χ1v) is 8.46. The zero-order valence-electron chi connectivity index (χ0n) is 14.1. The molecule has 142 valence electrons. The van der Waals surface area contributed by atoms with Gasteiger partial charge in [-0.05, 0) is 17.7 Å². The SMILES string of the molecule is CN=C(NCc1nc(C(F)(F)F)cs1)NCC(OC)c1ccc(F)cc1. The van der Waals surface area contributed by atoms with Crippen LogP contribution in [0.2, 0.25) is 0 Å². The second-order valence-electron chi connectivity index (χ2n) is 5.21. The summed E-state index contributed by atoms with van der Waals surface area (Å²) in [5.41, 5.74) is -0.121. The molecule has 0 aliphatic carbocycles. The molecular weight excluding hydrogens is 372 g/mol. The van der Waals surface area contributed by atoms with Gasteiger partial charge >= 0.3 is 6.18 Å². The van der Waals surface area contributed by atoms with Crippen LogP contribution in [0.1, 0.15) is 22.4 Å².